The van der Waals surface area contributed by atoms with E-state index in [2.05, 4.69) is 55.8 Å². The van der Waals surface area contributed by atoms with Crippen LogP contribution in [0.1, 0.15) is 64.4 Å². The Labute approximate surface area is 193 Å². The fourth-order valence-electron chi connectivity index (χ4n) is 4.91. The topological polar surface area (TPSA) is 47.0 Å². The summed E-state index contributed by atoms with van der Waals surface area (Å²) in [6.45, 7) is 6.48. The molecule has 0 bridgehead atoms. The number of rotatable bonds is 8. The fraction of sp³-hybridized carbons (Fsp3) is 0.682. The van der Waals surface area contributed by atoms with E-state index >= 15 is 0 Å². The van der Waals surface area contributed by atoms with Gasteiger partial charge >= 0.3 is 0 Å². The number of hydrogen-bond acceptors (Lipinski definition) is 4. The van der Waals surface area contributed by atoms with E-state index < -0.39 is 16.0 Å². The van der Waals surface area contributed by atoms with Gasteiger partial charge in [0.2, 0.25) is 5.91 Å². The second-order valence-electron chi connectivity index (χ2n) is 9.36. The maximum absolute atomic E-state index is 13.0. The number of nitrogens with zero attached hydrogens (tertiary/aromatic N) is 3. The summed E-state index contributed by atoms with van der Waals surface area (Å²) >= 11 is 9.16. The fourth-order valence-corrected chi connectivity index (χ4v) is 5.85. The molecule has 1 heterocycles. The zero-order valence-corrected chi connectivity index (χ0v) is 20.4. The Bertz CT molecular complexity index is 793. The predicted octanol–water partition coefficient (Wildman–Crippen LogP) is 4.09. The standard InChI is InChI=1S/C22H33N3O2S3/c1-16(2)24(18-5-3-6-18)15-22(12-13-22)17-8-10-19(11-9-17)23-14-4-7-20(21(23)26)25(28)30(27)29/h8-11,16,18,20,28H,3-7,12-15H2,1-2H3,(H,27,29). The van der Waals surface area contributed by atoms with E-state index in [1.807, 2.05) is 4.90 Å². The second kappa shape index (κ2) is 9.16. The van der Waals surface area contributed by atoms with Gasteiger partial charge in [-0.15, -0.1) is 0 Å². The van der Waals surface area contributed by atoms with E-state index in [0.717, 1.165) is 24.7 Å². The van der Waals surface area contributed by atoms with Crippen molar-refractivity contribution in [2.45, 2.75) is 82.3 Å². The molecule has 3 fully saturated rings. The Morgan fingerprint density at radius 2 is 1.90 bits per heavy atom. The van der Waals surface area contributed by atoms with Crippen molar-refractivity contribution in [1.82, 2.24) is 8.61 Å². The van der Waals surface area contributed by atoms with Crippen LogP contribution in [0.3, 0.4) is 0 Å². The Morgan fingerprint density at radius 3 is 2.40 bits per heavy atom. The van der Waals surface area contributed by atoms with Crippen LogP contribution < -0.4 is 4.90 Å². The minimum absolute atomic E-state index is 0.0301. The number of anilines is 1. The van der Waals surface area contributed by atoms with E-state index in [1.165, 1.54) is 41.4 Å². The molecule has 1 amide bonds. The summed E-state index contributed by atoms with van der Waals surface area (Å²) < 4.78 is 11.0. The highest BCUT2D eigenvalue weighted by Crippen LogP contribution is 2.50. The van der Waals surface area contributed by atoms with Crippen molar-refractivity contribution in [1.29, 1.82) is 0 Å². The lowest BCUT2D eigenvalue weighted by Gasteiger charge is -2.42. The van der Waals surface area contributed by atoms with Gasteiger partial charge in [0.25, 0.3) is 0 Å². The molecule has 2 aliphatic carbocycles. The zero-order chi connectivity index (χ0) is 21.5. The summed E-state index contributed by atoms with van der Waals surface area (Å²) in [6, 6.07) is 9.50. The van der Waals surface area contributed by atoms with Gasteiger partial charge in [-0.25, -0.2) is 0 Å². The Kier molecular flexibility index (Phi) is 6.92. The molecule has 5 nitrogen and oxygen atoms in total. The molecule has 0 spiro atoms. The highest BCUT2D eigenvalue weighted by Gasteiger charge is 2.47. The summed E-state index contributed by atoms with van der Waals surface area (Å²) in [7, 11) is -1.44. The molecule has 1 aromatic rings. The van der Waals surface area contributed by atoms with Crippen molar-refractivity contribution in [2.24, 2.45) is 0 Å². The molecule has 8 heteroatoms. The lowest BCUT2D eigenvalue weighted by Crippen LogP contribution is -2.50. The van der Waals surface area contributed by atoms with Gasteiger partial charge in [0.05, 0.1) is 9.92 Å². The van der Waals surface area contributed by atoms with Crippen molar-refractivity contribution >= 4 is 45.5 Å². The number of thiol groups is 1. The number of carbonyl (C=O) groups excluding carboxylic acids is 1. The summed E-state index contributed by atoms with van der Waals surface area (Å²) in [5.41, 5.74) is 2.60. The van der Waals surface area contributed by atoms with Crippen molar-refractivity contribution in [3.05, 3.63) is 29.8 Å². The predicted molar refractivity (Wildman–Crippen MR) is 130 cm³/mol. The van der Waals surface area contributed by atoms with Crippen LogP contribution in [0.4, 0.5) is 5.69 Å². The number of amides is 1. The Balaban J connectivity index is 1.47. The van der Waals surface area contributed by atoms with E-state index in [9.17, 15) is 9.35 Å². The van der Waals surface area contributed by atoms with Crippen LogP contribution in [0.2, 0.25) is 0 Å². The summed E-state index contributed by atoms with van der Waals surface area (Å²) in [5, 5.41) is 0. The molecule has 2 atom stereocenters. The molecular weight excluding hydrogens is 434 g/mol. The number of piperidine rings is 1. The first-order chi connectivity index (χ1) is 14.3. The van der Waals surface area contributed by atoms with Gasteiger partial charge in [0.1, 0.15) is 6.04 Å². The van der Waals surface area contributed by atoms with Crippen LogP contribution in [0.25, 0.3) is 0 Å². The number of benzene rings is 1. The van der Waals surface area contributed by atoms with Gasteiger partial charge in [-0.05, 0) is 81.3 Å². The molecule has 30 heavy (non-hydrogen) atoms. The third kappa shape index (κ3) is 4.50. The number of carbonyl (C=O) groups is 1. The Hall–Kier alpha value is -0.510. The lowest BCUT2D eigenvalue weighted by atomic mass is 9.87. The van der Waals surface area contributed by atoms with Crippen LogP contribution >= 0.6 is 12.8 Å². The molecule has 0 aromatic heterocycles. The maximum atomic E-state index is 13.0. The largest absolute Gasteiger partial charge is 0.315 e. The van der Waals surface area contributed by atoms with Crippen LogP contribution in [-0.2, 0) is 31.3 Å². The van der Waals surface area contributed by atoms with Gasteiger partial charge in [-0.1, -0.05) is 31.4 Å². The van der Waals surface area contributed by atoms with Crippen LogP contribution in [0.15, 0.2) is 24.3 Å². The quantitative estimate of drug-likeness (QED) is 0.564. The van der Waals surface area contributed by atoms with Gasteiger partial charge in [0, 0.05) is 36.3 Å². The van der Waals surface area contributed by atoms with Crippen LogP contribution in [0.5, 0.6) is 0 Å². The molecule has 3 aliphatic rings. The minimum atomic E-state index is -1.44. The Morgan fingerprint density at radius 1 is 1.23 bits per heavy atom. The zero-order valence-electron chi connectivity index (χ0n) is 17.9. The van der Waals surface area contributed by atoms with E-state index in [4.69, 9.17) is 11.2 Å². The maximum Gasteiger partial charge on any atom is 0.246 e. The molecule has 1 saturated heterocycles. The minimum Gasteiger partial charge on any atom is -0.315 e. The normalized spacial score (nSPS) is 25.1. The molecule has 4 rings (SSSR count). The van der Waals surface area contributed by atoms with Gasteiger partial charge < -0.3 is 9.45 Å². The summed E-state index contributed by atoms with van der Waals surface area (Å²) in [6.07, 6.45) is 8.09. The van der Waals surface area contributed by atoms with Gasteiger partial charge in [-0.3, -0.25) is 9.69 Å². The third-order valence-electron chi connectivity index (χ3n) is 7.17. The van der Waals surface area contributed by atoms with E-state index in [1.54, 1.807) is 0 Å². The first-order valence-electron chi connectivity index (χ1n) is 11.1. The molecule has 1 aromatic carbocycles. The SMILES string of the molecule is CC(C)N(CC1(c2ccc(N3CCCC(N(S)S(O)=S)C3=O)cc2)CC1)C1CCC1. The van der Waals surface area contributed by atoms with Crippen molar-refractivity contribution in [2.75, 3.05) is 18.0 Å². The molecular formula is C22H33N3O2S3. The third-order valence-corrected chi connectivity index (χ3v) is 9.30. The van der Waals surface area contributed by atoms with Gasteiger partial charge in [-0.2, -0.15) is 3.71 Å². The van der Waals surface area contributed by atoms with Crippen molar-refractivity contribution in [3.63, 3.8) is 0 Å². The van der Waals surface area contributed by atoms with E-state index in [-0.39, 0.29) is 11.3 Å². The molecule has 1 N–H and O–H groups in total. The highest BCUT2D eigenvalue weighted by molar-refractivity contribution is 8.27. The second-order valence-corrected chi connectivity index (χ2v) is 11.8. The van der Waals surface area contributed by atoms with Crippen LogP contribution in [-0.4, -0.2) is 50.3 Å². The van der Waals surface area contributed by atoms with Gasteiger partial charge in [0.15, 0.2) is 0 Å². The average molecular weight is 468 g/mol. The number of hydrogen-bond donors (Lipinski definition) is 2. The van der Waals surface area contributed by atoms with Crippen molar-refractivity contribution < 1.29 is 9.35 Å². The summed E-state index contributed by atoms with van der Waals surface area (Å²) in [5.74, 6) is -0.0301. The average Bonchev–Trinajstić information content (AvgIpc) is 3.46. The molecule has 2 unspecified atom stereocenters. The summed E-state index contributed by atoms with van der Waals surface area (Å²) in [4.78, 5) is 17.5. The molecule has 2 saturated carbocycles. The van der Waals surface area contributed by atoms with Crippen LogP contribution in [0, 0.1) is 0 Å². The molecule has 1 aliphatic heterocycles. The first-order valence-corrected chi connectivity index (χ1v) is 13.6. The first kappa shape index (κ1) is 22.7. The molecule has 0 radical (unpaired) electrons. The van der Waals surface area contributed by atoms with E-state index in [0.29, 0.717) is 19.0 Å². The monoisotopic (exact) mass is 467 g/mol. The lowest BCUT2D eigenvalue weighted by molar-refractivity contribution is -0.122. The smallest absolute Gasteiger partial charge is 0.246 e. The molecule has 166 valence electrons. The highest BCUT2D eigenvalue weighted by atomic mass is 32.8. The van der Waals surface area contributed by atoms with Crippen molar-refractivity contribution in [3.8, 4) is 0 Å².